The molecule has 0 radical (unpaired) electrons. The van der Waals surface area contributed by atoms with Gasteiger partial charge in [0.1, 0.15) is 17.0 Å². The molecule has 0 saturated carbocycles. The van der Waals surface area contributed by atoms with Crippen LogP contribution < -0.4 is 5.32 Å². The molecule has 25 heavy (non-hydrogen) atoms. The summed E-state index contributed by atoms with van der Waals surface area (Å²) < 4.78 is 0. The Balaban J connectivity index is 1.82. The Bertz CT molecular complexity index is 994. The maximum absolute atomic E-state index is 4.56. The van der Waals surface area contributed by atoms with Gasteiger partial charge in [0.25, 0.3) is 0 Å². The lowest BCUT2D eigenvalue weighted by Crippen LogP contribution is -2.08. The first kappa shape index (κ1) is 15.8. The molecule has 3 nitrogen and oxygen atoms in total. The van der Waals surface area contributed by atoms with E-state index in [0.717, 1.165) is 16.0 Å². The van der Waals surface area contributed by atoms with Gasteiger partial charge in [-0.25, -0.2) is 9.97 Å². The fourth-order valence-electron chi connectivity index (χ4n) is 3.14. The first-order chi connectivity index (χ1) is 12.2. The lowest BCUT2D eigenvalue weighted by atomic mass is 10.0. The number of aryl methyl sites for hydroxylation is 1. The van der Waals surface area contributed by atoms with Crippen molar-refractivity contribution in [2.45, 2.75) is 19.9 Å². The first-order valence-electron chi connectivity index (χ1n) is 8.35. The zero-order valence-electron chi connectivity index (χ0n) is 14.2. The highest BCUT2D eigenvalue weighted by atomic mass is 32.1. The number of benzene rings is 2. The number of nitrogens with one attached hydrogen (secondary N) is 1. The molecule has 0 unspecified atom stereocenters. The summed E-state index contributed by atoms with van der Waals surface area (Å²) in [5.41, 5.74) is 3.67. The van der Waals surface area contributed by atoms with Crippen LogP contribution in [0.3, 0.4) is 0 Å². The molecule has 0 aliphatic carbocycles. The molecule has 0 aliphatic heterocycles. The van der Waals surface area contributed by atoms with Crippen LogP contribution in [-0.4, -0.2) is 9.97 Å². The van der Waals surface area contributed by atoms with Crippen LogP contribution in [0.25, 0.3) is 21.3 Å². The Hall–Kier alpha value is -2.72. The van der Waals surface area contributed by atoms with Crippen molar-refractivity contribution in [2.75, 3.05) is 5.32 Å². The van der Waals surface area contributed by atoms with E-state index in [1.54, 1.807) is 17.7 Å². The summed E-state index contributed by atoms with van der Waals surface area (Å²) in [4.78, 5) is 11.3. The molecule has 2 heterocycles. The van der Waals surface area contributed by atoms with E-state index in [9.17, 15) is 0 Å². The van der Waals surface area contributed by atoms with Gasteiger partial charge in [0.05, 0.1) is 5.39 Å². The minimum atomic E-state index is 0.170. The second kappa shape index (κ2) is 6.65. The highest BCUT2D eigenvalue weighted by Crippen LogP contribution is 2.40. The molecule has 4 aromatic rings. The third kappa shape index (κ3) is 3.01. The highest BCUT2D eigenvalue weighted by Gasteiger charge is 2.17. The summed E-state index contributed by atoms with van der Waals surface area (Å²) >= 11 is 1.72. The molecule has 2 aromatic carbocycles. The Kier molecular flexibility index (Phi) is 4.20. The molecule has 124 valence electrons. The average molecular weight is 345 g/mol. The number of rotatable bonds is 4. The van der Waals surface area contributed by atoms with Gasteiger partial charge in [0.15, 0.2) is 0 Å². The van der Waals surface area contributed by atoms with Gasteiger partial charge in [0, 0.05) is 16.5 Å². The lowest BCUT2D eigenvalue weighted by molar-refractivity contribution is 0.876. The topological polar surface area (TPSA) is 37.8 Å². The van der Waals surface area contributed by atoms with Gasteiger partial charge < -0.3 is 5.32 Å². The predicted octanol–water partition coefficient (Wildman–Crippen LogP) is 5.84. The van der Waals surface area contributed by atoms with Gasteiger partial charge >= 0.3 is 0 Å². The minimum absolute atomic E-state index is 0.170. The van der Waals surface area contributed by atoms with Crippen molar-refractivity contribution in [2.24, 2.45) is 0 Å². The summed E-state index contributed by atoms with van der Waals surface area (Å²) in [6.45, 7) is 4.31. The normalized spacial score (nSPS) is 12.2. The fourth-order valence-corrected chi connectivity index (χ4v) is 4.15. The summed E-state index contributed by atoms with van der Waals surface area (Å²) in [5, 5.41) is 4.69. The van der Waals surface area contributed by atoms with Crippen molar-refractivity contribution in [1.82, 2.24) is 9.97 Å². The molecular weight excluding hydrogens is 326 g/mol. The summed E-state index contributed by atoms with van der Waals surface area (Å²) in [6, 6.07) is 21.1. The highest BCUT2D eigenvalue weighted by molar-refractivity contribution is 7.19. The van der Waals surface area contributed by atoms with Crippen LogP contribution >= 0.6 is 11.3 Å². The van der Waals surface area contributed by atoms with Gasteiger partial charge in [-0.15, -0.1) is 11.3 Å². The van der Waals surface area contributed by atoms with E-state index in [-0.39, 0.29) is 6.04 Å². The molecule has 2 aromatic heterocycles. The molecule has 0 aliphatic rings. The average Bonchev–Trinajstić information content (AvgIpc) is 3.00. The van der Waals surface area contributed by atoms with Crippen molar-refractivity contribution in [3.05, 3.63) is 77.4 Å². The number of fused-ring (bicyclic) bond motifs is 1. The number of nitrogens with zero attached hydrogens (tertiary/aromatic N) is 2. The van der Waals surface area contributed by atoms with Crippen molar-refractivity contribution in [3.8, 4) is 11.1 Å². The van der Waals surface area contributed by atoms with Crippen molar-refractivity contribution >= 4 is 27.4 Å². The summed E-state index contributed by atoms with van der Waals surface area (Å²) in [6.07, 6.45) is 1.65. The molecule has 0 bridgehead atoms. The molecule has 4 rings (SSSR count). The quantitative estimate of drug-likeness (QED) is 0.505. The second-order valence-corrected chi connectivity index (χ2v) is 7.28. The van der Waals surface area contributed by atoms with Gasteiger partial charge in [-0.05, 0) is 25.0 Å². The Morgan fingerprint density at radius 2 is 1.60 bits per heavy atom. The largest absolute Gasteiger partial charge is 0.363 e. The van der Waals surface area contributed by atoms with E-state index in [1.807, 2.05) is 12.1 Å². The zero-order chi connectivity index (χ0) is 17.2. The second-order valence-electron chi connectivity index (χ2n) is 6.08. The number of anilines is 1. The van der Waals surface area contributed by atoms with Crippen molar-refractivity contribution in [3.63, 3.8) is 0 Å². The first-order valence-corrected chi connectivity index (χ1v) is 9.16. The molecular formula is C21H19N3S. The van der Waals surface area contributed by atoms with Crippen LogP contribution in [0.2, 0.25) is 0 Å². The van der Waals surface area contributed by atoms with E-state index >= 15 is 0 Å². The van der Waals surface area contributed by atoms with Crippen molar-refractivity contribution in [1.29, 1.82) is 0 Å². The summed E-state index contributed by atoms with van der Waals surface area (Å²) in [5.74, 6) is 0.893. The number of aromatic nitrogens is 2. The Morgan fingerprint density at radius 3 is 2.32 bits per heavy atom. The van der Waals surface area contributed by atoms with Gasteiger partial charge in [-0.1, -0.05) is 60.7 Å². The molecule has 4 heteroatoms. The van der Waals surface area contributed by atoms with Gasteiger partial charge in [0.2, 0.25) is 0 Å². The smallest absolute Gasteiger partial charge is 0.139 e. The summed E-state index contributed by atoms with van der Waals surface area (Å²) in [7, 11) is 0. The number of hydrogen-bond donors (Lipinski definition) is 1. The van der Waals surface area contributed by atoms with Crippen LogP contribution in [0, 0.1) is 6.92 Å². The van der Waals surface area contributed by atoms with Crippen LogP contribution in [0.1, 0.15) is 23.4 Å². The zero-order valence-corrected chi connectivity index (χ0v) is 15.0. The third-order valence-corrected chi connectivity index (χ3v) is 5.39. The maximum atomic E-state index is 4.56. The van der Waals surface area contributed by atoms with Crippen LogP contribution in [0.5, 0.6) is 0 Å². The van der Waals surface area contributed by atoms with E-state index in [2.05, 4.69) is 77.7 Å². The van der Waals surface area contributed by atoms with Gasteiger partial charge in [-0.2, -0.15) is 0 Å². The molecule has 1 N–H and O–H groups in total. The third-order valence-electron chi connectivity index (χ3n) is 4.38. The van der Waals surface area contributed by atoms with Crippen LogP contribution in [0.15, 0.2) is 67.0 Å². The van der Waals surface area contributed by atoms with E-state index in [1.165, 1.54) is 21.6 Å². The Labute approximate surface area is 151 Å². The van der Waals surface area contributed by atoms with E-state index in [4.69, 9.17) is 0 Å². The van der Waals surface area contributed by atoms with E-state index in [0.29, 0.717) is 0 Å². The lowest BCUT2D eigenvalue weighted by Gasteiger charge is -2.16. The van der Waals surface area contributed by atoms with Crippen LogP contribution in [-0.2, 0) is 0 Å². The molecule has 0 fully saturated rings. The standard InChI is InChI=1S/C21H19N3S/c1-14(16-9-5-3-6-10-16)24-20-19-18(17-11-7-4-8-12-17)15(2)25-21(19)23-13-22-20/h3-14H,1-2H3,(H,22,23,24)/t14-/m0/s1. The molecule has 0 spiro atoms. The molecule has 0 amide bonds. The minimum Gasteiger partial charge on any atom is -0.363 e. The maximum Gasteiger partial charge on any atom is 0.139 e. The number of thiophene rings is 1. The molecule has 1 atom stereocenters. The van der Waals surface area contributed by atoms with Crippen molar-refractivity contribution < 1.29 is 0 Å². The van der Waals surface area contributed by atoms with Gasteiger partial charge in [-0.3, -0.25) is 0 Å². The van der Waals surface area contributed by atoms with Crippen LogP contribution in [0.4, 0.5) is 5.82 Å². The predicted molar refractivity (Wildman–Crippen MR) is 106 cm³/mol. The number of hydrogen-bond acceptors (Lipinski definition) is 4. The fraction of sp³-hybridized carbons (Fsp3) is 0.143. The molecule has 0 saturated heterocycles. The van der Waals surface area contributed by atoms with E-state index < -0.39 is 0 Å². The SMILES string of the molecule is Cc1sc2ncnc(N[C@@H](C)c3ccccc3)c2c1-c1ccccc1. The Morgan fingerprint density at radius 1 is 0.920 bits per heavy atom. The monoisotopic (exact) mass is 345 g/mol.